The van der Waals surface area contributed by atoms with E-state index in [0.29, 0.717) is 12.2 Å². The molecule has 0 aliphatic heterocycles. The van der Waals surface area contributed by atoms with Crippen LogP contribution in [0.5, 0.6) is 5.75 Å². The molecule has 0 saturated heterocycles. The Labute approximate surface area is 113 Å². The van der Waals surface area contributed by atoms with Crippen molar-refractivity contribution < 1.29 is 14.6 Å². The van der Waals surface area contributed by atoms with Crippen molar-refractivity contribution in [1.29, 1.82) is 0 Å². The van der Waals surface area contributed by atoms with E-state index in [9.17, 15) is 9.90 Å². The van der Waals surface area contributed by atoms with Crippen molar-refractivity contribution in [2.75, 3.05) is 12.4 Å². The number of para-hydroxylation sites is 2. The molecule has 0 heterocycles. The van der Waals surface area contributed by atoms with Crippen molar-refractivity contribution in [2.45, 2.75) is 38.6 Å². The summed E-state index contributed by atoms with van der Waals surface area (Å²) >= 11 is 0. The van der Waals surface area contributed by atoms with Crippen LogP contribution in [0.3, 0.4) is 0 Å². The van der Waals surface area contributed by atoms with E-state index in [2.05, 4.69) is 5.32 Å². The van der Waals surface area contributed by atoms with Gasteiger partial charge in [0.2, 0.25) is 0 Å². The molecule has 19 heavy (non-hydrogen) atoms. The van der Waals surface area contributed by atoms with Crippen molar-refractivity contribution in [1.82, 2.24) is 0 Å². The molecule has 1 fully saturated rings. The zero-order valence-corrected chi connectivity index (χ0v) is 11.7. The zero-order chi connectivity index (χ0) is 14.1. The van der Waals surface area contributed by atoms with E-state index < -0.39 is 11.5 Å². The van der Waals surface area contributed by atoms with E-state index in [1.807, 2.05) is 38.1 Å². The zero-order valence-electron chi connectivity index (χ0n) is 11.7. The summed E-state index contributed by atoms with van der Waals surface area (Å²) in [7, 11) is 1.59. The highest BCUT2D eigenvalue weighted by Gasteiger charge is 2.54. The average Bonchev–Trinajstić information content (AvgIpc) is 2.66. The van der Waals surface area contributed by atoms with Crippen LogP contribution in [0, 0.1) is 5.41 Å². The number of hydrogen-bond acceptors (Lipinski definition) is 3. The van der Waals surface area contributed by atoms with Crippen molar-refractivity contribution in [2.24, 2.45) is 5.41 Å². The van der Waals surface area contributed by atoms with Crippen LogP contribution < -0.4 is 10.1 Å². The molecule has 1 saturated carbocycles. The number of aliphatic carboxylic acids is 1. The van der Waals surface area contributed by atoms with Gasteiger partial charge in [0, 0.05) is 0 Å². The SMILES string of the molecule is COc1ccccc1NC1(C(=O)O)CCCC1(C)C. The summed E-state index contributed by atoms with van der Waals surface area (Å²) < 4.78 is 5.29. The van der Waals surface area contributed by atoms with Crippen LogP contribution >= 0.6 is 0 Å². The maximum absolute atomic E-state index is 11.8. The van der Waals surface area contributed by atoms with E-state index >= 15 is 0 Å². The third-order valence-electron chi connectivity index (χ3n) is 4.33. The second-order valence-corrected chi connectivity index (χ2v) is 5.77. The first kappa shape index (κ1) is 13.7. The quantitative estimate of drug-likeness (QED) is 0.876. The second kappa shape index (κ2) is 4.76. The van der Waals surface area contributed by atoms with Gasteiger partial charge in [0.1, 0.15) is 11.3 Å². The Morgan fingerprint density at radius 1 is 1.32 bits per heavy atom. The highest BCUT2D eigenvalue weighted by atomic mass is 16.5. The number of benzene rings is 1. The lowest BCUT2D eigenvalue weighted by Gasteiger charge is -2.39. The Hall–Kier alpha value is -1.71. The van der Waals surface area contributed by atoms with Crippen molar-refractivity contribution >= 4 is 11.7 Å². The lowest BCUT2D eigenvalue weighted by atomic mass is 9.74. The van der Waals surface area contributed by atoms with Gasteiger partial charge >= 0.3 is 5.97 Å². The van der Waals surface area contributed by atoms with Crippen LogP contribution in [0.15, 0.2) is 24.3 Å². The Balaban J connectivity index is 2.40. The van der Waals surface area contributed by atoms with Crippen LogP contribution in [-0.2, 0) is 4.79 Å². The molecule has 0 aromatic heterocycles. The molecule has 1 atom stereocenters. The van der Waals surface area contributed by atoms with Gasteiger partial charge in [0.05, 0.1) is 12.8 Å². The van der Waals surface area contributed by atoms with Gasteiger partial charge in [-0.05, 0) is 36.8 Å². The predicted molar refractivity (Wildman–Crippen MR) is 74.6 cm³/mol. The molecular formula is C15H21NO3. The lowest BCUT2D eigenvalue weighted by Crippen LogP contribution is -2.54. The minimum Gasteiger partial charge on any atom is -0.495 e. The van der Waals surface area contributed by atoms with E-state index in [0.717, 1.165) is 18.5 Å². The maximum Gasteiger partial charge on any atom is 0.329 e. The number of carboxylic acids is 1. The van der Waals surface area contributed by atoms with Crippen LogP contribution in [-0.4, -0.2) is 23.7 Å². The molecule has 0 bridgehead atoms. The standard InChI is InChI=1S/C15H21NO3/c1-14(2)9-6-10-15(14,13(17)18)16-11-7-4-5-8-12(11)19-3/h4-5,7-8,16H,6,9-10H2,1-3H3,(H,17,18). The molecule has 1 unspecified atom stereocenters. The van der Waals surface area contributed by atoms with Crippen LogP contribution in [0.1, 0.15) is 33.1 Å². The summed E-state index contributed by atoms with van der Waals surface area (Å²) in [5.41, 5.74) is -0.483. The Kier molecular flexibility index (Phi) is 3.43. The van der Waals surface area contributed by atoms with Crippen molar-refractivity contribution in [3.63, 3.8) is 0 Å². The normalized spacial score (nSPS) is 25.0. The monoisotopic (exact) mass is 263 g/mol. The molecule has 2 N–H and O–H groups in total. The van der Waals surface area contributed by atoms with Crippen LogP contribution in [0.4, 0.5) is 5.69 Å². The number of rotatable bonds is 4. The molecule has 2 rings (SSSR count). The molecule has 0 radical (unpaired) electrons. The summed E-state index contributed by atoms with van der Waals surface area (Å²) in [4.78, 5) is 11.8. The van der Waals surface area contributed by atoms with E-state index in [4.69, 9.17) is 4.74 Å². The first-order valence-electron chi connectivity index (χ1n) is 6.57. The minimum atomic E-state index is -0.929. The largest absolute Gasteiger partial charge is 0.495 e. The fourth-order valence-corrected chi connectivity index (χ4v) is 3.01. The molecule has 0 spiro atoms. The first-order chi connectivity index (χ1) is 8.93. The Morgan fingerprint density at radius 3 is 2.53 bits per heavy atom. The van der Waals surface area contributed by atoms with Crippen LogP contribution in [0.25, 0.3) is 0 Å². The number of carboxylic acid groups (broad SMARTS) is 1. The maximum atomic E-state index is 11.8. The average molecular weight is 263 g/mol. The highest BCUT2D eigenvalue weighted by molar-refractivity contribution is 5.85. The molecule has 104 valence electrons. The molecule has 0 amide bonds. The lowest BCUT2D eigenvalue weighted by molar-refractivity contribution is -0.145. The third-order valence-corrected chi connectivity index (χ3v) is 4.33. The topological polar surface area (TPSA) is 58.6 Å². The molecule has 1 aliphatic carbocycles. The van der Waals surface area contributed by atoms with Gasteiger partial charge in [-0.25, -0.2) is 4.79 Å². The number of methoxy groups -OCH3 is 1. The predicted octanol–water partition coefficient (Wildman–Crippen LogP) is 3.14. The summed E-state index contributed by atoms with van der Waals surface area (Å²) in [6.45, 7) is 4.02. The molecule has 1 aromatic rings. The van der Waals surface area contributed by atoms with Gasteiger partial charge in [-0.15, -0.1) is 0 Å². The molecule has 1 aliphatic rings. The van der Waals surface area contributed by atoms with E-state index in [-0.39, 0.29) is 5.41 Å². The first-order valence-corrected chi connectivity index (χ1v) is 6.57. The summed E-state index contributed by atoms with van der Waals surface area (Å²) in [6.07, 6.45) is 2.45. The molecule has 4 heteroatoms. The van der Waals surface area contributed by atoms with Gasteiger partial charge in [0.15, 0.2) is 0 Å². The summed E-state index contributed by atoms with van der Waals surface area (Å²) in [5, 5.41) is 13.0. The van der Waals surface area contributed by atoms with Gasteiger partial charge in [-0.2, -0.15) is 0 Å². The number of carbonyl (C=O) groups is 1. The van der Waals surface area contributed by atoms with E-state index in [1.54, 1.807) is 7.11 Å². The van der Waals surface area contributed by atoms with Gasteiger partial charge < -0.3 is 15.2 Å². The third kappa shape index (κ3) is 2.15. The number of hydrogen-bond donors (Lipinski definition) is 2. The molecular weight excluding hydrogens is 242 g/mol. The fraction of sp³-hybridized carbons (Fsp3) is 0.533. The minimum absolute atomic E-state index is 0.292. The molecule has 1 aromatic carbocycles. The Bertz CT molecular complexity index is 484. The summed E-state index contributed by atoms with van der Waals surface area (Å²) in [6, 6.07) is 7.44. The number of nitrogens with one attached hydrogen (secondary N) is 1. The second-order valence-electron chi connectivity index (χ2n) is 5.77. The summed E-state index contributed by atoms with van der Waals surface area (Å²) in [5.74, 6) is -0.119. The Morgan fingerprint density at radius 2 is 2.00 bits per heavy atom. The highest BCUT2D eigenvalue weighted by Crippen LogP contribution is 2.48. The van der Waals surface area contributed by atoms with Gasteiger partial charge in [-0.3, -0.25) is 0 Å². The number of anilines is 1. The fourth-order valence-electron chi connectivity index (χ4n) is 3.01. The number of ether oxygens (including phenoxy) is 1. The smallest absolute Gasteiger partial charge is 0.329 e. The van der Waals surface area contributed by atoms with Gasteiger partial charge in [-0.1, -0.05) is 26.0 Å². The van der Waals surface area contributed by atoms with Crippen LogP contribution in [0.2, 0.25) is 0 Å². The molecule has 4 nitrogen and oxygen atoms in total. The van der Waals surface area contributed by atoms with Crippen molar-refractivity contribution in [3.8, 4) is 5.75 Å². The van der Waals surface area contributed by atoms with E-state index in [1.165, 1.54) is 0 Å². The van der Waals surface area contributed by atoms with Crippen molar-refractivity contribution in [3.05, 3.63) is 24.3 Å². The van der Waals surface area contributed by atoms with Gasteiger partial charge in [0.25, 0.3) is 0 Å².